The Balaban J connectivity index is 1.89. The molecule has 0 bridgehead atoms. The summed E-state index contributed by atoms with van der Waals surface area (Å²) in [6.45, 7) is 10.3. The number of anilines is 1. The Hall–Kier alpha value is -1.09. The van der Waals surface area contributed by atoms with Crippen molar-refractivity contribution in [3.05, 3.63) is 23.9 Å². The Morgan fingerprint density at radius 1 is 1.16 bits per heavy atom. The summed E-state index contributed by atoms with van der Waals surface area (Å²) in [5, 5.41) is 0. The van der Waals surface area contributed by atoms with Crippen molar-refractivity contribution >= 4 is 5.82 Å². The standard InChI is InChI=1S/C16H27N3/c1-3-9-19(16-8-7-15(2)14-17-16)13-12-18-10-5-4-6-11-18/h7-8,14H,3-6,9-13H2,1-2H3. The molecule has 1 aliphatic rings. The molecule has 1 saturated heterocycles. The lowest BCUT2D eigenvalue weighted by atomic mass is 10.1. The highest BCUT2D eigenvalue weighted by Gasteiger charge is 2.12. The Labute approximate surface area is 117 Å². The number of likely N-dealkylation sites (tertiary alicyclic amines) is 1. The van der Waals surface area contributed by atoms with Crippen LogP contribution in [0.2, 0.25) is 0 Å². The Bertz CT molecular complexity index is 355. The highest BCUT2D eigenvalue weighted by molar-refractivity contribution is 5.39. The molecule has 0 amide bonds. The van der Waals surface area contributed by atoms with Crippen LogP contribution < -0.4 is 4.90 Å². The molecule has 1 aromatic rings. The van der Waals surface area contributed by atoms with Crippen LogP contribution in [0.15, 0.2) is 18.3 Å². The topological polar surface area (TPSA) is 19.4 Å². The van der Waals surface area contributed by atoms with Crippen molar-refractivity contribution in [2.45, 2.75) is 39.5 Å². The molecular formula is C16H27N3. The van der Waals surface area contributed by atoms with E-state index in [1.54, 1.807) is 0 Å². The third kappa shape index (κ3) is 4.50. The number of nitrogens with zero attached hydrogens (tertiary/aromatic N) is 3. The normalized spacial score (nSPS) is 16.5. The van der Waals surface area contributed by atoms with Gasteiger partial charge in [0.1, 0.15) is 5.82 Å². The molecule has 0 radical (unpaired) electrons. The zero-order valence-electron chi connectivity index (χ0n) is 12.4. The minimum atomic E-state index is 1.10. The first kappa shape index (κ1) is 14.3. The predicted octanol–water partition coefficient (Wildman–Crippen LogP) is 3.09. The first-order valence-electron chi connectivity index (χ1n) is 7.69. The van der Waals surface area contributed by atoms with E-state index in [9.17, 15) is 0 Å². The first-order chi connectivity index (χ1) is 9.29. The summed E-state index contributed by atoms with van der Waals surface area (Å²) in [5.41, 5.74) is 1.23. The van der Waals surface area contributed by atoms with Crippen LogP contribution in [0.3, 0.4) is 0 Å². The van der Waals surface area contributed by atoms with Crippen LogP contribution in [-0.2, 0) is 0 Å². The Morgan fingerprint density at radius 2 is 1.95 bits per heavy atom. The van der Waals surface area contributed by atoms with Crippen molar-refractivity contribution in [2.24, 2.45) is 0 Å². The molecule has 1 aliphatic heterocycles. The van der Waals surface area contributed by atoms with Gasteiger partial charge in [0.25, 0.3) is 0 Å². The number of rotatable bonds is 6. The summed E-state index contributed by atoms with van der Waals surface area (Å²) in [7, 11) is 0. The van der Waals surface area contributed by atoms with E-state index in [0.717, 1.165) is 18.9 Å². The average Bonchev–Trinajstić information content (AvgIpc) is 2.46. The zero-order valence-corrected chi connectivity index (χ0v) is 12.4. The van der Waals surface area contributed by atoms with Crippen molar-refractivity contribution in [3.63, 3.8) is 0 Å². The van der Waals surface area contributed by atoms with Crippen LogP contribution in [-0.4, -0.2) is 42.6 Å². The fourth-order valence-corrected chi connectivity index (χ4v) is 2.70. The van der Waals surface area contributed by atoms with E-state index in [1.807, 2.05) is 6.20 Å². The second-order valence-corrected chi connectivity index (χ2v) is 5.58. The van der Waals surface area contributed by atoms with E-state index in [4.69, 9.17) is 0 Å². The van der Waals surface area contributed by atoms with Gasteiger partial charge in [-0.15, -0.1) is 0 Å². The van der Waals surface area contributed by atoms with Crippen LogP contribution in [0.4, 0.5) is 5.82 Å². The summed E-state index contributed by atoms with van der Waals surface area (Å²) in [4.78, 5) is 9.59. The predicted molar refractivity (Wildman–Crippen MR) is 81.8 cm³/mol. The number of aryl methyl sites for hydroxylation is 1. The molecule has 2 rings (SSSR count). The SMILES string of the molecule is CCCN(CCN1CCCCC1)c1ccc(C)cn1. The van der Waals surface area contributed by atoms with Gasteiger partial charge in [0.05, 0.1) is 0 Å². The maximum absolute atomic E-state index is 4.57. The number of pyridine rings is 1. The second-order valence-electron chi connectivity index (χ2n) is 5.58. The van der Waals surface area contributed by atoms with Crippen LogP contribution in [0.25, 0.3) is 0 Å². The largest absolute Gasteiger partial charge is 0.355 e. The molecule has 0 unspecified atom stereocenters. The van der Waals surface area contributed by atoms with Crippen molar-refractivity contribution in [2.75, 3.05) is 37.6 Å². The smallest absolute Gasteiger partial charge is 0.128 e. The highest BCUT2D eigenvalue weighted by atomic mass is 15.2. The molecule has 0 saturated carbocycles. The fourth-order valence-electron chi connectivity index (χ4n) is 2.70. The Morgan fingerprint density at radius 3 is 2.58 bits per heavy atom. The minimum absolute atomic E-state index is 1.10. The van der Waals surface area contributed by atoms with Crippen LogP contribution >= 0.6 is 0 Å². The van der Waals surface area contributed by atoms with E-state index in [0.29, 0.717) is 0 Å². The van der Waals surface area contributed by atoms with E-state index < -0.39 is 0 Å². The fraction of sp³-hybridized carbons (Fsp3) is 0.688. The third-order valence-electron chi connectivity index (χ3n) is 3.85. The van der Waals surface area contributed by atoms with Crippen molar-refractivity contribution in [1.29, 1.82) is 0 Å². The lowest BCUT2D eigenvalue weighted by molar-refractivity contribution is 0.233. The Kier molecular flexibility index (Phi) is 5.64. The lowest BCUT2D eigenvalue weighted by Crippen LogP contribution is -2.38. The van der Waals surface area contributed by atoms with Gasteiger partial charge in [-0.05, 0) is 50.9 Å². The van der Waals surface area contributed by atoms with Gasteiger partial charge in [0, 0.05) is 25.8 Å². The molecule has 3 heteroatoms. The van der Waals surface area contributed by atoms with Gasteiger partial charge in [0.2, 0.25) is 0 Å². The monoisotopic (exact) mass is 261 g/mol. The van der Waals surface area contributed by atoms with Gasteiger partial charge in [-0.1, -0.05) is 19.4 Å². The summed E-state index contributed by atoms with van der Waals surface area (Å²) in [5.74, 6) is 1.13. The van der Waals surface area contributed by atoms with Crippen molar-refractivity contribution < 1.29 is 0 Å². The van der Waals surface area contributed by atoms with Crippen LogP contribution in [0.5, 0.6) is 0 Å². The molecule has 0 atom stereocenters. The molecule has 0 aliphatic carbocycles. The summed E-state index contributed by atoms with van der Waals surface area (Å²) >= 11 is 0. The highest BCUT2D eigenvalue weighted by Crippen LogP contribution is 2.13. The summed E-state index contributed by atoms with van der Waals surface area (Å²) < 4.78 is 0. The van der Waals surface area contributed by atoms with Gasteiger partial charge in [-0.25, -0.2) is 4.98 Å². The van der Waals surface area contributed by atoms with Gasteiger partial charge < -0.3 is 9.80 Å². The molecule has 19 heavy (non-hydrogen) atoms. The molecule has 3 nitrogen and oxygen atoms in total. The molecule has 0 spiro atoms. The molecule has 1 aromatic heterocycles. The van der Waals surface area contributed by atoms with Crippen molar-refractivity contribution in [1.82, 2.24) is 9.88 Å². The molecular weight excluding hydrogens is 234 g/mol. The first-order valence-corrected chi connectivity index (χ1v) is 7.69. The van der Waals surface area contributed by atoms with Crippen molar-refractivity contribution in [3.8, 4) is 0 Å². The molecule has 106 valence electrons. The zero-order chi connectivity index (χ0) is 13.5. The molecule has 1 fully saturated rings. The quantitative estimate of drug-likeness (QED) is 0.784. The maximum atomic E-state index is 4.57. The number of hydrogen-bond acceptors (Lipinski definition) is 3. The van der Waals surface area contributed by atoms with Crippen LogP contribution in [0.1, 0.15) is 38.2 Å². The van der Waals surface area contributed by atoms with Gasteiger partial charge in [0.15, 0.2) is 0 Å². The number of piperidine rings is 1. The molecule has 0 aromatic carbocycles. The number of hydrogen-bond donors (Lipinski definition) is 0. The minimum Gasteiger partial charge on any atom is -0.355 e. The van der Waals surface area contributed by atoms with E-state index in [2.05, 4.69) is 40.8 Å². The average molecular weight is 261 g/mol. The maximum Gasteiger partial charge on any atom is 0.128 e. The summed E-state index contributed by atoms with van der Waals surface area (Å²) in [6, 6.07) is 4.31. The van der Waals surface area contributed by atoms with Gasteiger partial charge >= 0.3 is 0 Å². The van der Waals surface area contributed by atoms with Gasteiger partial charge in [-0.2, -0.15) is 0 Å². The summed E-state index contributed by atoms with van der Waals surface area (Å²) in [6.07, 6.45) is 7.30. The van der Waals surface area contributed by atoms with E-state index in [-0.39, 0.29) is 0 Å². The number of aromatic nitrogens is 1. The second kappa shape index (κ2) is 7.49. The van der Waals surface area contributed by atoms with E-state index in [1.165, 1.54) is 50.9 Å². The lowest BCUT2D eigenvalue weighted by Gasteiger charge is -2.30. The third-order valence-corrected chi connectivity index (χ3v) is 3.85. The molecule has 0 N–H and O–H groups in total. The van der Waals surface area contributed by atoms with Gasteiger partial charge in [-0.3, -0.25) is 0 Å². The van der Waals surface area contributed by atoms with E-state index >= 15 is 0 Å². The van der Waals surface area contributed by atoms with Crippen LogP contribution in [0, 0.1) is 6.92 Å². The molecule has 2 heterocycles.